The van der Waals surface area contributed by atoms with Gasteiger partial charge in [-0.25, -0.2) is 4.98 Å². The van der Waals surface area contributed by atoms with Crippen molar-refractivity contribution in [2.75, 3.05) is 24.7 Å². The molecule has 8 nitrogen and oxygen atoms in total. The molecule has 1 atom stereocenters. The van der Waals surface area contributed by atoms with Gasteiger partial charge in [0.1, 0.15) is 23.0 Å². The van der Waals surface area contributed by atoms with Crippen LogP contribution in [0.2, 0.25) is 0 Å². The minimum Gasteiger partial charge on any atom is -0.507 e. The Hall–Kier alpha value is -4.37. The van der Waals surface area contributed by atoms with Gasteiger partial charge in [0.15, 0.2) is 5.13 Å². The number of hydrogen-bond donors (Lipinski definition) is 1. The summed E-state index contributed by atoms with van der Waals surface area (Å²) in [6.45, 7) is 7.81. The van der Waals surface area contributed by atoms with E-state index in [1.807, 2.05) is 49.4 Å². The van der Waals surface area contributed by atoms with Gasteiger partial charge in [-0.3, -0.25) is 14.5 Å². The predicted molar refractivity (Wildman–Crippen MR) is 174 cm³/mol. The second-order valence-corrected chi connectivity index (χ2v) is 11.6. The van der Waals surface area contributed by atoms with Gasteiger partial charge in [0.25, 0.3) is 5.78 Å². The normalized spacial score (nSPS) is 16.1. The Morgan fingerprint density at radius 2 is 1.55 bits per heavy atom. The van der Waals surface area contributed by atoms with Crippen molar-refractivity contribution in [2.24, 2.45) is 0 Å². The molecule has 2 heterocycles. The highest BCUT2D eigenvalue weighted by molar-refractivity contribution is 7.22. The highest BCUT2D eigenvalue weighted by Gasteiger charge is 2.48. The molecule has 1 fully saturated rings. The van der Waals surface area contributed by atoms with Crippen molar-refractivity contribution in [2.45, 2.75) is 58.9 Å². The summed E-state index contributed by atoms with van der Waals surface area (Å²) in [6.07, 6.45) is 5.04. The van der Waals surface area contributed by atoms with E-state index >= 15 is 0 Å². The van der Waals surface area contributed by atoms with Crippen LogP contribution >= 0.6 is 11.3 Å². The fourth-order valence-electron chi connectivity index (χ4n) is 5.11. The van der Waals surface area contributed by atoms with Gasteiger partial charge in [0.05, 0.1) is 41.7 Å². The van der Waals surface area contributed by atoms with E-state index in [1.54, 1.807) is 24.3 Å². The number of aliphatic hydroxyl groups excluding tert-OH is 1. The summed E-state index contributed by atoms with van der Waals surface area (Å²) < 4.78 is 18.2. The van der Waals surface area contributed by atoms with E-state index in [2.05, 4.69) is 13.8 Å². The molecule has 0 radical (unpaired) electrons. The van der Waals surface area contributed by atoms with E-state index in [0.717, 1.165) is 36.8 Å². The number of rotatable bonds is 14. The van der Waals surface area contributed by atoms with Crippen molar-refractivity contribution in [1.82, 2.24) is 4.98 Å². The van der Waals surface area contributed by atoms with Crippen LogP contribution in [0.5, 0.6) is 17.2 Å². The molecule has 3 aromatic carbocycles. The van der Waals surface area contributed by atoms with Gasteiger partial charge in [-0.2, -0.15) is 0 Å². The minimum atomic E-state index is -0.902. The standard InChI is InChI=1S/C35H38N2O6S/c1-4-7-9-20-42-25-15-13-23(14-16-25)31-30(32(38)24-11-10-12-26(21-24)43-19-8-5-2)33(39)34(40)37(31)35-36-28-18-17-27(41-6-3)22-29(28)44-35/h10-18,21-22,31,38H,4-9,19-20H2,1-3H3/b32-30+. The molecule has 5 rings (SSSR count). The summed E-state index contributed by atoms with van der Waals surface area (Å²) in [5.41, 5.74) is 1.72. The average molecular weight is 615 g/mol. The number of nitrogens with zero attached hydrogens (tertiary/aromatic N) is 2. The van der Waals surface area contributed by atoms with Crippen molar-refractivity contribution < 1.29 is 28.9 Å². The van der Waals surface area contributed by atoms with Crippen LogP contribution in [0.4, 0.5) is 5.13 Å². The highest BCUT2D eigenvalue weighted by Crippen LogP contribution is 2.45. The Balaban J connectivity index is 1.57. The van der Waals surface area contributed by atoms with Crippen molar-refractivity contribution in [1.29, 1.82) is 0 Å². The molecule has 0 spiro atoms. The lowest BCUT2D eigenvalue weighted by molar-refractivity contribution is -0.132. The number of ketones is 1. The fourth-order valence-corrected chi connectivity index (χ4v) is 6.13. The number of anilines is 1. The first-order valence-electron chi connectivity index (χ1n) is 15.3. The van der Waals surface area contributed by atoms with E-state index in [-0.39, 0.29) is 11.3 Å². The third-order valence-electron chi connectivity index (χ3n) is 7.40. The van der Waals surface area contributed by atoms with Gasteiger partial charge in [-0.1, -0.05) is 68.7 Å². The van der Waals surface area contributed by atoms with Gasteiger partial charge in [0, 0.05) is 5.56 Å². The van der Waals surface area contributed by atoms with Crippen molar-refractivity contribution in [3.8, 4) is 17.2 Å². The number of unbranched alkanes of at least 4 members (excludes halogenated alkanes) is 3. The number of thiazole rings is 1. The lowest BCUT2D eigenvalue weighted by atomic mass is 9.95. The molecule has 0 bridgehead atoms. The zero-order valence-corrected chi connectivity index (χ0v) is 26.2. The Labute approximate surface area is 261 Å². The monoisotopic (exact) mass is 614 g/mol. The molecular weight excluding hydrogens is 576 g/mol. The van der Waals surface area contributed by atoms with Crippen molar-refractivity contribution in [3.63, 3.8) is 0 Å². The van der Waals surface area contributed by atoms with E-state index < -0.39 is 17.7 Å². The van der Waals surface area contributed by atoms with Crippen LogP contribution in [0.15, 0.2) is 72.3 Å². The van der Waals surface area contributed by atoms with Crippen LogP contribution < -0.4 is 19.1 Å². The summed E-state index contributed by atoms with van der Waals surface area (Å²) >= 11 is 1.29. The molecule has 1 N–H and O–H groups in total. The number of carbonyl (C=O) groups is 2. The number of carbonyl (C=O) groups excluding carboxylic acids is 2. The van der Waals surface area contributed by atoms with E-state index in [1.165, 1.54) is 16.2 Å². The number of aromatic nitrogens is 1. The summed E-state index contributed by atoms with van der Waals surface area (Å²) in [7, 11) is 0. The molecule has 0 saturated carbocycles. The lowest BCUT2D eigenvalue weighted by Gasteiger charge is -2.23. The predicted octanol–water partition coefficient (Wildman–Crippen LogP) is 8.07. The van der Waals surface area contributed by atoms with Gasteiger partial charge < -0.3 is 19.3 Å². The molecule has 1 aliphatic rings. The molecule has 1 saturated heterocycles. The third-order valence-corrected chi connectivity index (χ3v) is 8.41. The molecule has 1 unspecified atom stereocenters. The maximum atomic E-state index is 13.7. The lowest BCUT2D eigenvalue weighted by Crippen LogP contribution is -2.29. The first-order chi connectivity index (χ1) is 21.4. The maximum Gasteiger partial charge on any atom is 0.301 e. The van der Waals surface area contributed by atoms with Gasteiger partial charge in [-0.15, -0.1) is 0 Å². The second-order valence-electron chi connectivity index (χ2n) is 10.6. The topological polar surface area (TPSA) is 98.2 Å². The highest BCUT2D eigenvalue weighted by atomic mass is 32.1. The number of hydrogen-bond acceptors (Lipinski definition) is 8. The second kappa shape index (κ2) is 14.4. The number of benzene rings is 3. The van der Waals surface area contributed by atoms with Crippen LogP contribution in [0.3, 0.4) is 0 Å². The summed E-state index contributed by atoms with van der Waals surface area (Å²) in [5, 5.41) is 12.0. The van der Waals surface area contributed by atoms with Gasteiger partial charge in [0.2, 0.25) is 0 Å². The number of fused-ring (bicyclic) bond motifs is 1. The maximum absolute atomic E-state index is 13.7. The molecule has 44 heavy (non-hydrogen) atoms. The zero-order chi connectivity index (χ0) is 31.1. The molecule has 9 heteroatoms. The van der Waals surface area contributed by atoms with E-state index in [0.29, 0.717) is 58.8 Å². The largest absolute Gasteiger partial charge is 0.507 e. The summed E-state index contributed by atoms with van der Waals surface area (Å²) in [5.74, 6) is 0.173. The average Bonchev–Trinajstić information content (AvgIpc) is 3.57. The molecule has 1 aromatic heterocycles. The summed E-state index contributed by atoms with van der Waals surface area (Å²) in [6, 6.07) is 18.9. The zero-order valence-electron chi connectivity index (χ0n) is 25.4. The number of amides is 1. The van der Waals surface area contributed by atoms with Gasteiger partial charge >= 0.3 is 5.91 Å². The Morgan fingerprint density at radius 1 is 0.841 bits per heavy atom. The first-order valence-corrected chi connectivity index (χ1v) is 16.1. The van der Waals surface area contributed by atoms with Crippen LogP contribution in [-0.2, 0) is 9.59 Å². The molecular formula is C35H38N2O6S. The SMILES string of the molecule is CCCCCOc1ccc(C2/C(=C(\O)c3cccc(OCCCC)c3)C(=O)C(=O)N2c2nc3ccc(OCC)cc3s2)cc1. The smallest absolute Gasteiger partial charge is 0.301 e. The number of ether oxygens (including phenoxy) is 3. The van der Waals surface area contributed by atoms with Crippen LogP contribution in [-0.4, -0.2) is 41.6 Å². The van der Waals surface area contributed by atoms with Crippen molar-refractivity contribution >= 4 is 44.1 Å². The van der Waals surface area contributed by atoms with Crippen LogP contribution in [0, 0.1) is 0 Å². The van der Waals surface area contributed by atoms with Crippen molar-refractivity contribution in [3.05, 3.63) is 83.4 Å². The van der Waals surface area contributed by atoms with Gasteiger partial charge in [-0.05, 0) is 67.8 Å². The third kappa shape index (κ3) is 6.73. The molecule has 1 aliphatic heterocycles. The molecule has 230 valence electrons. The fraction of sp³-hybridized carbons (Fsp3) is 0.343. The first kappa shape index (κ1) is 31.1. The number of Topliss-reactive ketones (excluding diaryl/α,β-unsaturated/α-hetero) is 1. The summed E-state index contributed by atoms with van der Waals surface area (Å²) in [4.78, 5) is 33.5. The number of aliphatic hydroxyl groups is 1. The Morgan fingerprint density at radius 3 is 2.30 bits per heavy atom. The van der Waals surface area contributed by atoms with Crippen LogP contribution in [0.25, 0.3) is 16.0 Å². The van der Waals surface area contributed by atoms with E-state index in [9.17, 15) is 14.7 Å². The minimum absolute atomic E-state index is 0.00779. The quantitative estimate of drug-likeness (QED) is 0.0664. The van der Waals surface area contributed by atoms with Crippen LogP contribution in [0.1, 0.15) is 70.0 Å². The molecule has 1 amide bonds. The molecule has 0 aliphatic carbocycles. The Kier molecular flexibility index (Phi) is 10.2. The molecule has 4 aromatic rings. The van der Waals surface area contributed by atoms with E-state index in [4.69, 9.17) is 19.2 Å². The Bertz CT molecular complexity index is 1640.